The quantitative estimate of drug-likeness (QED) is 0.627. The first-order chi connectivity index (χ1) is 10.1. The lowest BCUT2D eigenvalue weighted by atomic mass is 10.2. The van der Waals surface area contributed by atoms with Gasteiger partial charge < -0.3 is 4.74 Å². The zero-order chi connectivity index (χ0) is 16.5. The third kappa shape index (κ3) is 4.05. The maximum absolute atomic E-state index is 6.00. The largest absolute Gasteiger partial charge is 0.497 e. The number of methoxy groups -OCH3 is 1. The summed E-state index contributed by atoms with van der Waals surface area (Å²) in [5.74, 6) is 0.732. The number of anilines is 1. The van der Waals surface area contributed by atoms with Crippen LogP contribution in [0.2, 0.25) is 0 Å². The molecular formula is C12H9Cl6N3O. The normalized spacial score (nSPS) is 19.1. The Labute approximate surface area is 157 Å². The van der Waals surface area contributed by atoms with Gasteiger partial charge in [-0.05, 0) is 24.3 Å². The van der Waals surface area contributed by atoms with Gasteiger partial charge in [-0.3, -0.25) is 4.90 Å². The standard InChI is InChI=1S/C12H9Cl6N3O/c1-22-8-4-2-7(3-5-8)21-9(11(13,14)15)19-6-20-10(21)12(16,17)18/h2-6,9H,1H3. The highest BCUT2D eigenvalue weighted by Crippen LogP contribution is 2.41. The molecule has 1 aromatic carbocycles. The van der Waals surface area contributed by atoms with Crippen LogP contribution in [0, 0.1) is 0 Å². The summed E-state index contributed by atoms with van der Waals surface area (Å²) < 4.78 is 1.53. The SMILES string of the molecule is COc1ccc(N2C(C(Cl)(Cl)Cl)=NC=NC2C(Cl)(Cl)Cl)cc1. The van der Waals surface area contributed by atoms with Gasteiger partial charge in [-0.15, -0.1) is 0 Å². The van der Waals surface area contributed by atoms with E-state index in [-0.39, 0.29) is 5.84 Å². The van der Waals surface area contributed by atoms with Gasteiger partial charge in [0.25, 0.3) is 0 Å². The molecule has 10 heteroatoms. The lowest BCUT2D eigenvalue weighted by Crippen LogP contribution is -2.52. The Morgan fingerprint density at radius 2 is 1.64 bits per heavy atom. The van der Waals surface area contributed by atoms with Gasteiger partial charge >= 0.3 is 0 Å². The molecule has 120 valence electrons. The lowest BCUT2D eigenvalue weighted by molar-refractivity contribution is 0.415. The van der Waals surface area contributed by atoms with E-state index in [4.69, 9.17) is 74.3 Å². The van der Waals surface area contributed by atoms with Crippen molar-refractivity contribution in [2.75, 3.05) is 12.0 Å². The Bertz CT molecular complexity index is 590. The number of halogens is 6. The number of hydrogen-bond donors (Lipinski definition) is 0. The number of aliphatic imine (C=N–C) groups is 2. The van der Waals surface area contributed by atoms with E-state index in [2.05, 4.69) is 9.98 Å². The molecule has 1 aliphatic rings. The first-order valence-electron chi connectivity index (χ1n) is 5.81. The third-order valence-corrected chi connectivity index (χ3v) is 3.85. The van der Waals surface area contributed by atoms with Gasteiger partial charge in [0.1, 0.15) is 12.1 Å². The Balaban J connectivity index is 2.51. The molecule has 0 bridgehead atoms. The van der Waals surface area contributed by atoms with Gasteiger partial charge in [0.05, 0.1) is 7.11 Å². The molecule has 0 N–H and O–H groups in total. The monoisotopic (exact) mass is 421 g/mol. The van der Waals surface area contributed by atoms with E-state index in [0.717, 1.165) is 0 Å². The molecular weight excluding hydrogens is 415 g/mol. The van der Waals surface area contributed by atoms with E-state index in [1.807, 2.05) is 0 Å². The summed E-state index contributed by atoms with van der Waals surface area (Å²) in [4.78, 5) is 9.55. The minimum atomic E-state index is -1.82. The molecule has 1 aliphatic heterocycles. The number of hydrogen-bond acceptors (Lipinski definition) is 4. The van der Waals surface area contributed by atoms with Gasteiger partial charge in [-0.1, -0.05) is 69.6 Å². The third-order valence-electron chi connectivity index (χ3n) is 2.76. The van der Waals surface area contributed by atoms with Gasteiger partial charge in [0.2, 0.25) is 7.59 Å². The summed E-state index contributed by atoms with van der Waals surface area (Å²) in [5.41, 5.74) is 0.582. The van der Waals surface area contributed by atoms with E-state index in [0.29, 0.717) is 11.4 Å². The van der Waals surface area contributed by atoms with Crippen LogP contribution in [-0.4, -0.2) is 33.0 Å². The fourth-order valence-corrected chi connectivity index (χ4v) is 2.72. The molecule has 0 fully saturated rings. The molecule has 0 aliphatic carbocycles. The molecule has 2 rings (SSSR count). The molecule has 4 nitrogen and oxygen atoms in total. The Morgan fingerprint density at radius 1 is 1.05 bits per heavy atom. The van der Waals surface area contributed by atoms with Crippen LogP contribution in [0.4, 0.5) is 5.69 Å². The molecule has 0 saturated heterocycles. The second kappa shape index (κ2) is 6.80. The second-order valence-electron chi connectivity index (χ2n) is 4.20. The van der Waals surface area contributed by atoms with Crippen molar-refractivity contribution < 1.29 is 4.74 Å². The Kier molecular flexibility index (Phi) is 5.63. The summed E-state index contributed by atoms with van der Waals surface area (Å²) in [6.07, 6.45) is 0.262. The van der Waals surface area contributed by atoms with Crippen LogP contribution in [0.3, 0.4) is 0 Å². The van der Waals surface area contributed by atoms with Crippen molar-refractivity contribution in [1.82, 2.24) is 0 Å². The van der Waals surface area contributed by atoms with E-state index in [1.165, 1.54) is 11.2 Å². The molecule has 1 unspecified atom stereocenters. The molecule has 0 radical (unpaired) electrons. The molecule has 1 aromatic rings. The van der Waals surface area contributed by atoms with Gasteiger partial charge in [-0.2, -0.15) is 0 Å². The summed E-state index contributed by atoms with van der Waals surface area (Å²) in [6.45, 7) is 0. The maximum Gasteiger partial charge on any atom is 0.248 e. The second-order valence-corrected chi connectivity index (χ2v) is 8.85. The number of alkyl halides is 6. The highest BCUT2D eigenvalue weighted by molar-refractivity contribution is 6.78. The fourth-order valence-electron chi connectivity index (χ4n) is 1.84. The smallest absolute Gasteiger partial charge is 0.248 e. The maximum atomic E-state index is 6.00. The zero-order valence-electron chi connectivity index (χ0n) is 11.0. The molecule has 0 aromatic heterocycles. The number of rotatable bonds is 2. The van der Waals surface area contributed by atoms with Crippen molar-refractivity contribution in [3.8, 4) is 5.75 Å². The topological polar surface area (TPSA) is 37.2 Å². The Hall–Kier alpha value is -0.100. The van der Waals surface area contributed by atoms with Crippen LogP contribution < -0.4 is 9.64 Å². The summed E-state index contributed by atoms with van der Waals surface area (Å²) in [7, 11) is 1.55. The zero-order valence-corrected chi connectivity index (χ0v) is 15.5. The predicted octanol–water partition coefficient (Wildman–Crippen LogP) is 5.01. The van der Waals surface area contributed by atoms with Crippen LogP contribution in [0.5, 0.6) is 5.75 Å². The van der Waals surface area contributed by atoms with E-state index >= 15 is 0 Å². The summed E-state index contributed by atoms with van der Waals surface area (Å²) in [5, 5.41) is 0. The highest BCUT2D eigenvalue weighted by Gasteiger charge is 2.45. The van der Waals surface area contributed by atoms with Crippen LogP contribution in [-0.2, 0) is 0 Å². The van der Waals surface area contributed by atoms with Crippen LogP contribution >= 0.6 is 69.6 Å². The first kappa shape index (κ1) is 18.2. The van der Waals surface area contributed by atoms with Gasteiger partial charge in [0, 0.05) is 5.69 Å². The van der Waals surface area contributed by atoms with Crippen molar-refractivity contribution in [3.05, 3.63) is 24.3 Å². The lowest BCUT2D eigenvalue weighted by Gasteiger charge is -2.38. The van der Waals surface area contributed by atoms with E-state index < -0.39 is 13.8 Å². The van der Waals surface area contributed by atoms with Crippen LogP contribution in [0.1, 0.15) is 0 Å². The highest BCUT2D eigenvalue weighted by atomic mass is 35.6. The molecule has 0 saturated carbocycles. The number of ether oxygens (including phenoxy) is 1. The predicted molar refractivity (Wildman–Crippen MR) is 95.8 cm³/mol. The van der Waals surface area contributed by atoms with Gasteiger partial charge in [0.15, 0.2) is 12.0 Å². The van der Waals surface area contributed by atoms with Crippen LogP contribution in [0.25, 0.3) is 0 Å². The molecule has 1 atom stereocenters. The Morgan fingerprint density at radius 3 is 2.09 bits per heavy atom. The minimum Gasteiger partial charge on any atom is -0.497 e. The minimum absolute atomic E-state index is 0.0778. The fraction of sp³-hybridized carbons (Fsp3) is 0.333. The van der Waals surface area contributed by atoms with Crippen molar-refractivity contribution >= 4 is 87.5 Å². The van der Waals surface area contributed by atoms with Crippen LogP contribution in [0.15, 0.2) is 34.3 Å². The van der Waals surface area contributed by atoms with Gasteiger partial charge in [-0.25, -0.2) is 9.98 Å². The average Bonchev–Trinajstić information content (AvgIpc) is 2.45. The average molecular weight is 424 g/mol. The number of amidine groups is 1. The van der Waals surface area contributed by atoms with E-state index in [9.17, 15) is 0 Å². The molecule has 0 spiro atoms. The van der Waals surface area contributed by atoms with Crippen molar-refractivity contribution in [2.24, 2.45) is 9.98 Å². The summed E-state index contributed by atoms with van der Waals surface area (Å²) in [6, 6.07) is 6.88. The molecule has 1 heterocycles. The van der Waals surface area contributed by atoms with Crippen molar-refractivity contribution in [2.45, 2.75) is 13.8 Å². The van der Waals surface area contributed by atoms with Crippen molar-refractivity contribution in [1.29, 1.82) is 0 Å². The van der Waals surface area contributed by atoms with Crippen molar-refractivity contribution in [3.63, 3.8) is 0 Å². The number of benzene rings is 1. The van der Waals surface area contributed by atoms with E-state index in [1.54, 1.807) is 31.4 Å². The first-order valence-corrected chi connectivity index (χ1v) is 8.08. The summed E-state index contributed by atoms with van der Waals surface area (Å²) >= 11 is 35.9. The molecule has 0 amide bonds. The molecule has 22 heavy (non-hydrogen) atoms. The number of nitrogens with zero attached hydrogens (tertiary/aromatic N) is 3.